The van der Waals surface area contributed by atoms with Crippen molar-refractivity contribution in [3.8, 4) is 5.75 Å². The molecule has 96 valence electrons. The molecule has 0 amide bonds. The highest BCUT2D eigenvalue weighted by Gasteiger charge is 2.58. The molecule has 4 N–H and O–H groups in total. The smallest absolute Gasteiger partial charge is 0.119 e. The second-order valence-electron chi connectivity index (χ2n) is 6.98. The second-order valence-corrected chi connectivity index (χ2v) is 6.98. The van der Waals surface area contributed by atoms with Gasteiger partial charge in [0.2, 0.25) is 0 Å². The van der Waals surface area contributed by atoms with Gasteiger partial charge in [-0.05, 0) is 22.5 Å². The number of fused-ring (bicyclic) bond motifs is 2. The first-order valence-corrected chi connectivity index (χ1v) is 5.96. The second kappa shape index (κ2) is 3.49. The summed E-state index contributed by atoms with van der Waals surface area (Å²) >= 11 is 0. The standard InChI is InChI=1S/C15H22O.H3N/c1-13(2,3)15(14(4,5)6)10-7-8-12(16)11(15)9-10;/h7-9,16H,1-6H3;1H3. The zero-order chi connectivity index (χ0) is 12.4. The molecule has 2 bridgehead atoms. The summed E-state index contributed by atoms with van der Waals surface area (Å²) in [6.45, 7) is 13.6. The fourth-order valence-electron chi connectivity index (χ4n) is 3.95. The van der Waals surface area contributed by atoms with E-state index in [9.17, 15) is 5.11 Å². The Morgan fingerprint density at radius 1 is 0.941 bits per heavy atom. The maximum Gasteiger partial charge on any atom is 0.119 e. The Morgan fingerprint density at radius 3 is 1.65 bits per heavy atom. The maximum atomic E-state index is 10.0. The van der Waals surface area contributed by atoms with Crippen LogP contribution in [0.5, 0.6) is 5.75 Å². The van der Waals surface area contributed by atoms with E-state index in [1.807, 2.05) is 6.07 Å². The summed E-state index contributed by atoms with van der Waals surface area (Å²) in [5, 5.41) is 10.0. The van der Waals surface area contributed by atoms with Gasteiger partial charge in [0, 0.05) is 11.0 Å². The number of phenols is 1. The van der Waals surface area contributed by atoms with E-state index in [4.69, 9.17) is 0 Å². The van der Waals surface area contributed by atoms with Gasteiger partial charge in [0.05, 0.1) is 0 Å². The van der Waals surface area contributed by atoms with Crippen LogP contribution in [-0.4, -0.2) is 5.11 Å². The number of phenolic OH excluding ortho intramolecular Hbond substituents is 1. The van der Waals surface area contributed by atoms with Crippen LogP contribution in [0.4, 0.5) is 0 Å². The monoisotopic (exact) mass is 235 g/mol. The first kappa shape index (κ1) is 14.0. The van der Waals surface area contributed by atoms with Gasteiger partial charge < -0.3 is 11.3 Å². The van der Waals surface area contributed by atoms with E-state index in [-0.39, 0.29) is 22.4 Å². The van der Waals surface area contributed by atoms with Crippen molar-refractivity contribution in [3.63, 3.8) is 0 Å². The van der Waals surface area contributed by atoms with Gasteiger partial charge in [-0.15, -0.1) is 0 Å². The van der Waals surface area contributed by atoms with Crippen LogP contribution in [0.2, 0.25) is 0 Å². The lowest BCUT2D eigenvalue weighted by molar-refractivity contribution is 0.0744. The van der Waals surface area contributed by atoms with Gasteiger partial charge in [-0.3, -0.25) is 0 Å². The largest absolute Gasteiger partial charge is 0.508 e. The van der Waals surface area contributed by atoms with Crippen molar-refractivity contribution in [2.24, 2.45) is 10.8 Å². The van der Waals surface area contributed by atoms with Gasteiger partial charge in [-0.1, -0.05) is 53.7 Å². The van der Waals surface area contributed by atoms with Crippen LogP contribution in [0.3, 0.4) is 0 Å². The van der Waals surface area contributed by atoms with Crippen molar-refractivity contribution in [2.45, 2.75) is 47.0 Å². The molecular weight excluding hydrogens is 210 g/mol. The highest BCUT2D eigenvalue weighted by atomic mass is 16.3. The molecule has 0 saturated heterocycles. The van der Waals surface area contributed by atoms with Gasteiger partial charge in [-0.25, -0.2) is 0 Å². The molecule has 3 rings (SSSR count). The minimum absolute atomic E-state index is 0. The summed E-state index contributed by atoms with van der Waals surface area (Å²) in [7, 11) is 0. The molecule has 1 aromatic rings. The van der Waals surface area contributed by atoms with Crippen LogP contribution >= 0.6 is 0 Å². The first-order chi connectivity index (χ1) is 7.12. The minimum atomic E-state index is -0.0150. The lowest BCUT2D eigenvalue weighted by Crippen LogP contribution is -2.55. The highest BCUT2D eigenvalue weighted by molar-refractivity contribution is 5.60. The van der Waals surface area contributed by atoms with Gasteiger partial charge in [-0.2, -0.15) is 0 Å². The molecule has 0 aliphatic heterocycles. The van der Waals surface area contributed by atoms with Crippen LogP contribution in [0.25, 0.3) is 0 Å². The molecule has 2 nitrogen and oxygen atoms in total. The number of benzene rings is 1. The van der Waals surface area contributed by atoms with Crippen molar-refractivity contribution in [2.75, 3.05) is 0 Å². The van der Waals surface area contributed by atoms with Gasteiger partial charge in [0.15, 0.2) is 0 Å². The number of hydrogen-bond donors (Lipinski definition) is 2. The number of hydrogen-bond acceptors (Lipinski definition) is 2. The molecule has 0 radical (unpaired) electrons. The van der Waals surface area contributed by atoms with E-state index >= 15 is 0 Å². The molecule has 0 spiro atoms. The van der Waals surface area contributed by atoms with E-state index in [0.717, 1.165) is 5.56 Å². The van der Waals surface area contributed by atoms with Crippen molar-refractivity contribution >= 4 is 0 Å². The molecule has 0 saturated carbocycles. The predicted octanol–water partition coefficient (Wildman–Crippen LogP) is 4.25. The fourth-order valence-corrected chi connectivity index (χ4v) is 3.95. The van der Waals surface area contributed by atoms with Crippen molar-refractivity contribution < 1.29 is 5.11 Å². The summed E-state index contributed by atoms with van der Waals surface area (Å²) in [6.07, 6.45) is 0. The Hall–Kier alpha value is -1.02. The summed E-state index contributed by atoms with van der Waals surface area (Å²) in [5.74, 6) is 0.444. The zero-order valence-electron chi connectivity index (χ0n) is 11.9. The molecule has 0 atom stereocenters. The van der Waals surface area contributed by atoms with E-state index < -0.39 is 0 Å². The van der Waals surface area contributed by atoms with Gasteiger partial charge in [0.25, 0.3) is 0 Å². The molecule has 1 aromatic carbocycles. The molecular formula is C15H25NO. The zero-order valence-corrected chi connectivity index (χ0v) is 11.9. The van der Waals surface area contributed by atoms with Gasteiger partial charge >= 0.3 is 0 Å². The third-order valence-electron chi connectivity index (χ3n) is 4.08. The fraction of sp³-hybridized carbons (Fsp3) is 0.600. The predicted molar refractivity (Wildman–Crippen MR) is 72.8 cm³/mol. The highest BCUT2D eigenvalue weighted by Crippen LogP contribution is 2.64. The quantitative estimate of drug-likeness (QED) is 0.706. The Balaban J connectivity index is 0.00000144. The lowest BCUT2D eigenvalue weighted by atomic mass is 9.44. The van der Waals surface area contributed by atoms with Crippen molar-refractivity contribution in [1.29, 1.82) is 0 Å². The normalized spacial score (nSPS) is 17.1. The van der Waals surface area contributed by atoms with Crippen LogP contribution in [0.1, 0.15) is 52.7 Å². The van der Waals surface area contributed by atoms with Crippen LogP contribution < -0.4 is 6.15 Å². The van der Waals surface area contributed by atoms with E-state index in [1.165, 1.54) is 5.56 Å². The summed E-state index contributed by atoms with van der Waals surface area (Å²) < 4.78 is 0. The van der Waals surface area contributed by atoms with Crippen molar-refractivity contribution in [3.05, 3.63) is 29.3 Å². The minimum Gasteiger partial charge on any atom is -0.508 e. The average Bonchev–Trinajstić information content (AvgIpc) is 1.96. The molecule has 2 aliphatic carbocycles. The Labute approximate surface area is 105 Å². The average molecular weight is 235 g/mol. The summed E-state index contributed by atoms with van der Waals surface area (Å²) in [4.78, 5) is 0. The summed E-state index contributed by atoms with van der Waals surface area (Å²) in [5.41, 5.74) is 2.69. The van der Waals surface area contributed by atoms with Crippen LogP contribution in [0.15, 0.2) is 18.2 Å². The Bertz CT molecular complexity index is 417. The van der Waals surface area contributed by atoms with Crippen LogP contribution in [0, 0.1) is 10.8 Å². The molecule has 2 heteroatoms. The van der Waals surface area contributed by atoms with Crippen molar-refractivity contribution in [1.82, 2.24) is 6.15 Å². The summed E-state index contributed by atoms with van der Waals surface area (Å²) in [6, 6.07) is 6.02. The van der Waals surface area contributed by atoms with E-state index in [2.05, 4.69) is 53.7 Å². The molecule has 0 heterocycles. The SMILES string of the molecule is CC(C)(C)C1(C(C)(C)C)c2ccc(O)c1c2.N. The molecule has 0 unspecified atom stereocenters. The topological polar surface area (TPSA) is 55.2 Å². The van der Waals surface area contributed by atoms with E-state index in [1.54, 1.807) is 0 Å². The lowest BCUT2D eigenvalue weighted by Gasteiger charge is -2.59. The number of rotatable bonds is 0. The molecule has 0 aromatic heterocycles. The molecule has 0 fully saturated rings. The third kappa shape index (κ3) is 1.43. The van der Waals surface area contributed by atoms with E-state index in [0.29, 0.717) is 5.75 Å². The Kier molecular flexibility index (Phi) is 2.88. The van der Waals surface area contributed by atoms with Crippen LogP contribution in [-0.2, 0) is 5.41 Å². The third-order valence-corrected chi connectivity index (χ3v) is 4.08. The molecule has 2 aliphatic rings. The molecule has 17 heavy (non-hydrogen) atoms. The first-order valence-electron chi connectivity index (χ1n) is 5.96. The maximum absolute atomic E-state index is 10.0. The van der Waals surface area contributed by atoms with Gasteiger partial charge in [0.1, 0.15) is 5.75 Å². The number of aromatic hydroxyl groups is 1. The Morgan fingerprint density at radius 2 is 1.41 bits per heavy atom.